The Kier molecular flexibility index (Phi) is 6.91. The molecule has 0 fully saturated rings. The van der Waals surface area contributed by atoms with E-state index in [1.807, 2.05) is 0 Å². The van der Waals surface area contributed by atoms with Crippen LogP contribution in [0.2, 0.25) is 0 Å². The molecule has 6 heteroatoms. The van der Waals surface area contributed by atoms with E-state index in [2.05, 4.69) is 0 Å². The lowest BCUT2D eigenvalue weighted by Crippen LogP contribution is -2.23. The summed E-state index contributed by atoms with van der Waals surface area (Å²) in [5.41, 5.74) is 0. The number of aliphatic carboxylic acids is 1. The number of esters is 2. The molecule has 0 heterocycles. The molecule has 1 N–H and O–H groups in total. The Morgan fingerprint density at radius 2 is 1.81 bits per heavy atom. The smallest absolute Gasteiger partial charge is 0.303 e. The minimum absolute atomic E-state index is 0.00215. The first-order chi connectivity index (χ1) is 7.41. The lowest BCUT2D eigenvalue weighted by atomic mass is 10.1. The van der Waals surface area contributed by atoms with Gasteiger partial charge in [0, 0.05) is 20.3 Å². The Balaban J connectivity index is 3.94. The van der Waals surface area contributed by atoms with E-state index in [1.165, 1.54) is 13.8 Å². The number of carboxylic acids is 1. The number of carboxylic acid groups (broad SMARTS) is 1. The molecule has 1 atom stereocenters. The number of carbonyl (C=O) groups excluding carboxylic acids is 2. The van der Waals surface area contributed by atoms with Crippen LogP contribution in [0.15, 0.2) is 0 Å². The SMILES string of the molecule is CC(=O)OC[C@H](CCCC(=O)O)OC(C)=O. The van der Waals surface area contributed by atoms with Crippen molar-refractivity contribution >= 4 is 17.9 Å². The topological polar surface area (TPSA) is 89.9 Å². The maximum Gasteiger partial charge on any atom is 0.303 e. The van der Waals surface area contributed by atoms with Crippen molar-refractivity contribution in [1.29, 1.82) is 0 Å². The Labute approximate surface area is 93.5 Å². The minimum atomic E-state index is -0.908. The molecule has 0 unspecified atom stereocenters. The Morgan fingerprint density at radius 3 is 2.25 bits per heavy atom. The molecule has 0 saturated heterocycles. The third-order valence-corrected chi connectivity index (χ3v) is 1.72. The lowest BCUT2D eigenvalue weighted by Gasteiger charge is -2.15. The third kappa shape index (κ3) is 8.98. The van der Waals surface area contributed by atoms with Crippen molar-refractivity contribution in [3.63, 3.8) is 0 Å². The Morgan fingerprint density at radius 1 is 1.19 bits per heavy atom. The second-order valence-electron chi connectivity index (χ2n) is 3.32. The number of hydrogen-bond donors (Lipinski definition) is 1. The van der Waals surface area contributed by atoms with E-state index in [1.54, 1.807) is 0 Å². The van der Waals surface area contributed by atoms with Crippen molar-refractivity contribution in [2.24, 2.45) is 0 Å². The summed E-state index contributed by atoms with van der Waals surface area (Å²) in [6, 6.07) is 0. The fourth-order valence-electron chi connectivity index (χ4n) is 1.10. The zero-order valence-electron chi connectivity index (χ0n) is 9.39. The van der Waals surface area contributed by atoms with Gasteiger partial charge in [0.05, 0.1) is 0 Å². The van der Waals surface area contributed by atoms with Crippen LogP contribution in [0.4, 0.5) is 0 Å². The normalized spacial score (nSPS) is 11.6. The molecule has 0 saturated carbocycles. The molecule has 0 spiro atoms. The van der Waals surface area contributed by atoms with E-state index in [9.17, 15) is 14.4 Å². The predicted octanol–water partition coefficient (Wildman–Crippen LogP) is 0.736. The molecule has 0 rings (SSSR count). The van der Waals surface area contributed by atoms with Gasteiger partial charge in [0.15, 0.2) is 0 Å². The van der Waals surface area contributed by atoms with Crippen LogP contribution in [0, 0.1) is 0 Å². The molecule has 0 radical (unpaired) electrons. The standard InChI is InChI=1S/C10H16O6/c1-7(11)15-6-9(16-8(2)12)4-3-5-10(13)14/h9H,3-6H2,1-2H3,(H,13,14)/t9-/m0/s1. The average molecular weight is 232 g/mol. The van der Waals surface area contributed by atoms with Crippen molar-refractivity contribution in [2.75, 3.05) is 6.61 Å². The van der Waals surface area contributed by atoms with Gasteiger partial charge >= 0.3 is 17.9 Å². The van der Waals surface area contributed by atoms with E-state index in [0.717, 1.165) is 0 Å². The number of carbonyl (C=O) groups is 3. The summed E-state index contributed by atoms with van der Waals surface area (Å²) in [7, 11) is 0. The Bertz CT molecular complexity index is 260. The molecule has 0 aromatic heterocycles. The summed E-state index contributed by atoms with van der Waals surface area (Å²) in [4.78, 5) is 31.6. The fourth-order valence-corrected chi connectivity index (χ4v) is 1.10. The van der Waals surface area contributed by atoms with Gasteiger partial charge in [0.2, 0.25) is 0 Å². The molecule has 92 valence electrons. The highest BCUT2D eigenvalue weighted by Crippen LogP contribution is 2.06. The first-order valence-electron chi connectivity index (χ1n) is 4.94. The van der Waals surface area contributed by atoms with Gasteiger partial charge in [-0.3, -0.25) is 14.4 Å². The summed E-state index contributed by atoms with van der Waals surface area (Å²) in [5.74, 6) is -1.85. The average Bonchev–Trinajstić information content (AvgIpc) is 2.12. The quantitative estimate of drug-likeness (QED) is 0.651. The Hall–Kier alpha value is -1.59. The second kappa shape index (κ2) is 7.67. The number of hydrogen-bond acceptors (Lipinski definition) is 5. The van der Waals surface area contributed by atoms with E-state index in [0.29, 0.717) is 12.8 Å². The van der Waals surface area contributed by atoms with Crippen LogP contribution in [0.3, 0.4) is 0 Å². The predicted molar refractivity (Wildman–Crippen MR) is 53.7 cm³/mol. The molecular formula is C10H16O6. The van der Waals surface area contributed by atoms with E-state index >= 15 is 0 Å². The van der Waals surface area contributed by atoms with Crippen LogP contribution in [0.5, 0.6) is 0 Å². The van der Waals surface area contributed by atoms with E-state index in [-0.39, 0.29) is 13.0 Å². The van der Waals surface area contributed by atoms with Gasteiger partial charge in [-0.05, 0) is 12.8 Å². The first-order valence-corrected chi connectivity index (χ1v) is 4.94. The van der Waals surface area contributed by atoms with Crippen LogP contribution < -0.4 is 0 Å². The maximum absolute atomic E-state index is 10.7. The van der Waals surface area contributed by atoms with Crippen LogP contribution in [-0.4, -0.2) is 35.7 Å². The highest BCUT2D eigenvalue weighted by Gasteiger charge is 2.14. The molecular weight excluding hydrogens is 216 g/mol. The molecule has 6 nitrogen and oxygen atoms in total. The van der Waals surface area contributed by atoms with Gasteiger partial charge < -0.3 is 14.6 Å². The van der Waals surface area contributed by atoms with Gasteiger partial charge in [-0.25, -0.2) is 0 Å². The molecule has 0 aromatic rings. The van der Waals surface area contributed by atoms with Crippen LogP contribution in [-0.2, 0) is 23.9 Å². The molecule has 0 aromatic carbocycles. The van der Waals surface area contributed by atoms with Gasteiger partial charge in [0.1, 0.15) is 12.7 Å². The summed E-state index contributed by atoms with van der Waals surface area (Å²) in [6.07, 6.45) is 0.159. The van der Waals surface area contributed by atoms with Gasteiger partial charge in [-0.15, -0.1) is 0 Å². The van der Waals surface area contributed by atoms with Gasteiger partial charge in [-0.1, -0.05) is 0 Å². The maximum atomic E-state index is 10.7. The molecule has 0 aliphatic carbocycles. The monoisotopic (exact) mass is 232 g/mol. The van der Waals surface area contributed by atoms with Crippen molar-refractivity contribution in [2.45, 2.75) is 39.2 Å². The van der Waals surface area contributed by atoms with E-state index in [4.69, 9.17) is 14.6 Å². The van der Waals surface area contributed by atoms with Crippen molar-refractivity contribution in [1.82, 2.24) is 0 Å². The summed E-state index contributed by atoms with van der Waals surface area (Å²) in [6.45, 7) is 2.47. The zero-order valence-corrected chi connectivity index (χ0v) is 9.39. The molecule has 0 bridgehead atoms. The van der Waals surface area contributed by atoms with Crippen LogP contribution in [0.25, 0.3) is 0 Å². The zero-order chi connectivity index (χ0) is 12.6. The van der Waals surface area contributed by atoms with Crippen molar-refractivity contribution in [3.05, 3.63) is 0 Å². The first kappa shape index (κ1) is 14.4. The van der Waals surface area contributed by atoms with E-state index < -0.39 is 24.0 Å². The fraction of sp³-hybridized carbons (Fsp3) is 0.700. The third-order valence-electron chi connectivity index (χ3n) is 1.72. The summed E-state index contributed by atoms with van der Waals surface area (Å²) >= 11 is 0. The second-order valence-corrected chi connectivity index (χ2v) is 3.32. The lowest BCUT2D eigenvalue weighted by molar-refractivity contribution is -0.156. The number of rotatable bonds is 7. The molecule has 0 aliphatic rings. The highest BCUT2D eigenvalue weighted by molar-refractivity contribution is 5.67. The van der Waals surface area contributed by atoms with Crippen LogP contribution in [0.1, 0.15) is 33.1 Å². The number of ether oxygens (including phenoxy) is 2. The molecule has 0 amide bonds. The molecule has 16 heavy (non-hydrogen) atoms. The summed E-state index contributed by atoms with van der Waals surface area (Å²) < 4.78 is 9.57. The minimum Gasteiger partial charge on any atom is -0.481 e. The molecule has 0 aliphatic heterocycles. The van der Waals surface area contributed by atoms with Gasteiger partial charge in [0.25, 0.3) is 0 Å². The largest absolute Gasteiger partial charge is 0.481 e. The van der Waals surface area contributed by atoms with Gasteiger partial charge in [-0.2, -0.15) is 0 Å². The van der Waals surface area contributed by atoms with Crippen molar-refractivity contribution < 1.29 is 29.0 Å². The van der Waals surface area contributed by atoms with Crippen molar-refractivity contribution in [3.8, 4) is 0 Å². The van der Waals surface area contributed by atoms with Crippen LogP contribution >= 0.6 is 0 Å². The highest BCUT2D eigenvalue weighted by atomic mass is 16.6. The summed E-state index contributed by atoms with van der Waals surface area (Å²) in [5, 5.41) is 8.43.